The van der Waals surface area contributed by atoms with E-state index in [-0.39, 0.29) is 0 Å². The highest BCUT2D eigenvalue weighted by molar-refractivity contribution is 6.32. The first-order chi connectivity index (χ1) is 3.55. The SMILES string of the molecule is C=C(C)C(Cl)=C(C)C. The Hall–Kier alpha value is -0.230. The van der Waals surface area contributed by atoms with Crippen molar-refractivity contribution >= 4 is 11.6 Å². The second-order valence-electron chi connectivity index (χ2n) is 2.09. The van der Waals surface area contributed by atoms with E-state index in [9.17, 15) is 0 Å². The Morgan fingerprint density at radius 1 is 1.25 bits per heavy atom. The van der Waals surface area contributed by atoms with Crippen LogP contribution >= 0.6 is 11.6 Å². The summed E-state index contributed by atoms with van der Waals surface area (Å²) in [7, 11) is 0. The van der Waals surface area contributed by atoms with Crippen molar-refractivity contribution in [1.29, 1.82) is 0 Å². The Balaban J connectivity index is 4.23. The Morgan fingerprint density at radius 2 is 1.62 bits per heavy atom. The molecule has 0 N–H and O–H groups in total. The smallest absolute Gasteiger partial charge is 0.0415 e. The van der Waals surface area contributed by atoms with Crippen LogP contribution in [0.5, 0.6) is 0 Å². The molecule has 0 saturated carbocycles. The predicted molar refractivity (Wildman–Crippen MR) is 39.0 cm³/mol. The summed E-state index contributed by atoms with van der Waals surface area (Å²) in [6.45, 7) is 9.52. The van der Waals surface area contributed by atoms with Crippen molar-refractivity contribution in [3.05, 3.63) is 22.8 Å². The highest BCUT2D eigenvalue weighted by Gasteiger charge is 1.92. The van der Waals surface area contributed by atoms with Crippen molar-refractivity contribution in [3.8, 4) is 0 Å². The molecule has 0 rings (SSSR count). The topological polar surface area (TPSA) is 0 Å². The van der Waals surface area contributed by atoms with Crippen molar-refractivity contribution in [1.82, 2.24) is 0 Å². The van der Waals surface area contributed by atoms with Gasteiger partial charge in [0.1, 0.15) is 0 Å². The van der Waals surface area contributed by atoms with Crippen LogP contribution in [0.4, 0.5) is 0 Å². The van der Waals surface area contributed by atoms with Crippen molar-refractivity contribution in [2.75, 3.05) is 0 Å². The van der Waals surface area contributed by atoms with Crippen LogP contribution in [-0.4, -0.2) is 0 Å². The van der Waals surface area contributed by atoms with Crippen LogP contribution in [0, 0.1) is 0 Å². The summed E-state index contributed by atoms with van der Waals surface area (Å²) in [5, 5.41) is 0.796. The van der Waals surface area contributed by atoms with E-state index in [0.717, 1.165) is 16.2 Å². The van der Waals surface area contributed by atoms with E-state index in [1.165, 1.54) is 0 Å². The average Bonchev–Trinajstić information content (AvgIpc) is 1.64. The molecular weight excluding hydrogens is 120 g/mol. The molecule has 0 fully saturated rings. The lowest BCUT2D eigenvalue weighted by atomic mass is 10.2. The Kier molecular flexibility index (Phi) is 2.85. The van der Waals surface area contributed by atoms with Gasteiger partial charge < -0.3 is 0 Å². The number of halogens is 1. The second-order valence-corrected chi connectivity index (χ2v) is 2.47. The molecule has 0 aromatic heterocycles. The third-order valence-corrected chi connectivity index (χ3v) is 1.51. The molecule has 46 valence electrons. The van der Waals surface area contributed by atoms with Gasteiger partial charge in [0.2, 0.25) is 0 Å². The van der Waals surface area contributed by atoms with Crippen LogP contribution in [0.25, 0.3) is 0 Å². The van der Waals surface area contributed by atoms with E-state index in [4.69, 9.17) is 11.6 Å². The highest BCUT2D eigenvalue weighted by Crippen LogP contribution is 2.15. The van der Waals surface area contributed by atoms with Crippen molar-refractivity contribution < 1.29 is 0 Å². The van der Waals surface area contributed by atoms with Crippen LogP contribution in [0.3, 0.4) is 0 Å². The van der Waals surface area contributed by atoms with Crippen LogP contribution in [0.1, 0.15) is 20.8 Å². The monoisotopic (exact) mass is 130 g/mol. The molecule has 1 heteroatoms. The second kappa shape index (κ2) is 2.93. The third-order valence-electron chi connectivity index (χ3n) is 0.814. The fraction of sp³-hybridized carbons (Fsp3) is 0.429. The van der Waals surface area contributed by atoms with Crippen LogP contribution in [0.2, 0.25) is 0 Å². The Bertz CT molecular complexity index is 127. The first-order valence-corrected chi connectivity index (χ1v) is 2.92. The molecule has 0 atom stereocenters. The van der Waals surface area contributed by atoms with E-state index in [1.807, 2.05) is 20.8 Å². The maximum absolute atomic E-state index is 5.73. The lowest BCUT2D eigenvalue weighted by Crippen LogP contribution is -1.75. The molecule has 0 unspecified atom stereocenters. The molecule has 0 aliphatic carbocycles. The predicted octanol–water partition coefficient (Wildman–Crippen LogP) is 3.10. The zero-order chi connectivity index (χ0) is 6.73. The first kappa shape index (κ1) is 7.77. The number of hydrogen-bond donors (Lipinski definition) is 0. The van der Waals surface area contributed by atoms with Crippen molar-refractivity contribution in [3.63, 3.8) is 0 Å². The van der Waals surface area contributed by atoms with Gasteiger partial charge in [0.15, 0.2) is 0 Å². The molecule has 0 aliphatic rings. The minimum Gasteiger partial charge on any atom is -0.0946 e. The van der Waals surface area contributed by atoms with Gasteiger partial charge in [-0.1, -0.05) is 23.8 Å². The molecule has 0 radical (unpaired) electrons. The summed E-state index contributed by atoms with van der Waals surface area (Å²) < 4.78 is 0. The van der Waals surface area contributed by atoms with Gasteiger partial charge in [-0.25, -0.2) is 0 Å². The van der Waals surface area contributed by atoms with Crippen molar-refractivity contribution in [2.45, 2.75) is 20.8 Å². The fourth-order valence-electron chi connectivity index (χ4n) is 0.427. The molecule has 0 saturated heterocycles. The highest BCUT2D eigenvalue weighted by atomic mass is 35.5. The minimum absolute atomic E-state index is 0.796. The average molecular weight is 131 g/mol. The van der Waals surface area contributed by atoms with Crippen LogP contribution in [0.15, 0.2) is 22.8 Å². The summed E-state index contributed by atoms with van der Waals surface area (Å²) in [5.41, 5.74) is 2.06. The van der Waals surface area contributed by atoms with Gasteiger partial charge in [0.25, 0.3) is 0 Å². The zero-order valence-electron chi connectivity index (χ0n) is 5.59. The molecular formula is C7H11Cl. The number of rotatable bonds is 1. The molecule has 0 aromatic rings. The lowest BCUT2D eigenvalue weighted by Gasteiger charge is -1.96. The van der Waals surface area contributed by atoms with E-state index in [1.54, 1.807) is 0 Å². The van der Waals surface area contributed by atoms with Gasteiger partial charge in [-0.15, -0.1) is 0 Å². The van der Waals surface area contributed by atoms with Gasteiger partial charge in [0.05, 0.1) is 0 Å². The minimum atomic E-state index is 0.796. The molecule has 0 nitrogen and oxygen atoms in total. The standard InChI is InChI=1S/C7H11Cl/c1-5(2)7(8)6(3)4/h1H2,2-4H3. The number of hydrogen-bond acceptors (Lipinski definition) is 0. The maximum atomic E-state index is 5.73. The summed E-state index contributed by atoms with van der Waals surface area (Å²) >= 11 is 5.73. The van der Waals surface area contributed by atoms with Gasteiger partial charge in [-0.3, -0.25) is 0 Å². The van der Waals surface area contributed by atoms with Gasteiger partial charge >= 0.3 is 0 Å². The van der Waals surface area contributed by atoms with E-state index >= 15 is 0 Å². The van der Waals surface area contributed by atoms with Gasteiger partial charge in [-0.2, -0.15) is 0 Å². The molecule has 0 bridgehead atoms. The van der Waals surface area contributed by atoms with E-state index in [0.29, 0.717) is 0 Å². The summed E-state index contributed by atoms with van der Waals surface area (Å²) in [4.78, 5) is 0. The summed E-state index contributed by atoms with van der Waals surface area (Å²) in [6.07, 6.45) is 0. The molecule has 0 amide bonds. The largest absolute Gasteiger partial charge is 0.0946 e. The van der Waals surface area contributed by atoms with E-state index in [2.05, 4.69) is 6.58 Å². The third kappa shape index (κ3) is 2.17. The Morgan fingerprint density at radius 3 is 1.62 bits per heavy atom. The normalized spacial score (nSPS) is 8.50. The summed E-state index contributed by atoms with van der Waals surface area (Å²) in [5.74, 6) is 0. The number of allylic oxidation sites excluding steroid dienone is 3. The fourth-order valence-corrected chi connectivity index (χ4v) is 0.427. The molecule has 0 aliphatic heterocycles. The lowest BCUT2D eigenvalue weighted by molar-refractivity contribution is 1.33. The van der Waals surface area contributed by atoms with E-state index < -0.39 is 0 Å². The molecule has 0 heterocycles. The zero-order valence-corrected chi connectivity index (χ0v) is 6.34. The maximum Gasteiger partial charge on any atom is 0.0415 e. The Labute approximate surface area is 55.9 Å². The quantitative estimate of drug-likeness (QED) is 0.479. The van der Waals surface area contributed by atoms with Crippen molar-refractivity contribution in [2.24, 2.45) is 0 Å². The first-order valence-electron chi connectivity index (χ1n) is 2.54. The molecule has 0 spiro atoms. The molecule has 8 heavy (non-hydrogen) atoms. The van der Waals surface area contributed by atoms with Gasteiger partial charge in [-0.05, 0) is 26.3 Å². The molecule has 0 aromatic carbocycles. The van der Waals surface area contributed by atoms with Crippen LogP contribution in [-0.2, 0) is 0 Å². The summed E-state index contributed by atoms with van der Waals surface area (Å²) in [6, 6.07) is 0. The van der Waals surface area contributed by atoms with Gasteiger partial charge in [0, 0.05) is 5.03 Å². The van der Waals surface area contributed by atoms with Crippen LogP contribution < -0.4 is 0 Å².